The first-order valence-electron chi connectivity index (χ1n) is 9.01. The lowest BCUT2D eigenvalue weighted by atomic mass is 10.0. The Morgan fingerprint density at radius 3 is 2.42 bits per heavy atom. The first-order chi connectivity index (χ1) is 11.5. The normalized spacial score (nSPS) is 17.0. The standard InChI is InChI=1S/C20H29NO3/c1-14-10-11-17(12-15(14)2)13-19(22)24-16(3)20(23)21-18-8-6-4-5-7-9-18/h10-12,16,18H,4-9,13H2,1-3H3,(H,21,23)/t16-/m0/s1. The van der Waals surface area contributed by atoms with Gasteiger partial charge in [-0.15, -0.1) is 0 Å². The Morgan fingerprint density at radius 1 is 1.12 bits per heavy atom. The number of hydrogen-bond acceptors (Lipinski definition) is 3. The molecule has 0 aromatic heterocycles. The van der Waals surface area contributed by atoms with Crippen molar-refractivity contribution in [2.24, 2.45) is 0 Å². The van der Waals surface area contributed by atoms with Crippen molar-refractivity contribution in [3.63, 3.8) is 0 Å². The van der Waals surface area contributed by atoms with Crippen molar-refractivity contribution in [2.45, 2.75) is 77.9 Å². The van der Waals surface area contributed by atoms with Crippen molar-refractivity contribution in [3.05, 3.63) is 34.9 Å². The molecule has 1 amide bonds. The molecule has 1 fully saturated rings. The lowest BCUT2D eigenvalue weighted by molar-refractivity contribution is -0.154. The van der Waals surface area contributed by atoms with E-state index in [2.05, 4.69) is 5.32 Å². The molecule has 1 atom stereocenters. The van der Waals surface area contributed by atoms with E-state index in [9.17, 15) is 9.59 Å². The highest BCUT2D eigenvalue weighted by molar-refractivity contribution is 5.84. The van der Waals surface area contributed by atoms with Crippen LogP contribution in [-0.4, -0.2) is 24.0 Å². The molecule has 0 heterocycles. The average molecular weight is 331 g/mol. The molecule has 0 saturated heterocycles. The second kappa shape index (κ2) is 8.86. The van der Waals surface area contributed by atoms with E-state index in [0.29, 0.717) is 0 Å². The van der Waals surface area contributed by atoms with Crippen molar-refractivity contribution in [2.75, 3.05) is 0 Å². The molecule has 4 heteroatoms. The lowest BCUT2D eigenvalue weighted by Gasteiger charge is -2.19. The van der Waals surface area contributed by atoms with Crippen LogP contribution < -0.4 is 5.32 Å². The van der Waals surface area contributed by atoms with Gasteiger partial charge >= 0.3 is 5.97 Å². The van der Waals surface area contributed by atoms with E-state index in [0.717, 1.165) is 36.8 Å². The van der Waals surface area contributed by atoms with Gasteiger partial charge in [-0.3, -0.25) is 9.59 Å². The summed E-state index contributed by atoms with van der Waals surface area (Å²) in [4.78, 5) is 24.3. The van der Waals surface area contributed by atoms with Crippen LogP contribution in [0.5, 0.6) is 0 Å². The monoisotopic (exact) mass is 331 g/mol. The Hall–Kier alpha value is -1.84. The first kappa shape index (κ1) is 18.5. The smallest absolute Gasteiger partial charge is 0.311 e. The first-order valence-corrected chi connectivity index (χ1v) is 9.01. The zero-order valence-corrected chi connectivity index (χ0v) is 15.1. The molecule has 1 aromatic carbocycles. The van der Waals surface area contributed by atoms with Gasteiger partial charge in [0.1, 0.15) is 0 Å². The van der Waals surface area contributed by atoms with Crippen LogP contribution in [0.15, 0.2) is 18.2 Å². The van der Waals surface area contributed by atoms with E-state index >= 15 is 0 Å². The molecule has 1 aromatic rings. The molecular weight excluding hydrogens is 302 g/mol. The summed E-state index contributed by atoms with van der Waals surface area (Å²) < 4.78 is 5.31. The highest BCUT2D eigenvalue weighted by Gasteiger charge is 2.21. The van der Waals surface area contributed by atoms with Gasteiger partial charge in [0.2, 0.25) is 0 Å². The van der Waals surface area contributed by atoms with Crippen molar-refractivity contribution in [1.29, 1.82) is 0 Å². The van der Waals surface area contributed by atoms with E-state index in [1.54, 1.807) is 6.92 Å². The average Bonchev–Trinajstić information content (AvgIpc) is 2.79. The summed E-state index contributed by atoms with van der Waals surface area (Å²) in [5.41, 5.74) is 3.27. The molecule has 0 unspecified atom stereocenters. The Balaban J connectivity index is 1.81. The molecule has 0 aliphatic heterocycles. The summed E-state index contributed by atoms with van der Waals surface area (Å²) in [6, 6.07) is 6.15. The molecule has 2 rings (SSSR count). The third kappa shape index (κ3) is 5.66. The number of benzene rings is 1. The third-order valence-electron chi connectivity index (χ3n) is 4.80. The molecular formula is C20H29NO3. The van der Waals surface area contributed by atoms with Crippen LogP contribution in [0, 0.1) is 13.8 Å². The predicted molar refractivity (Wildman–Crippen MR) is 94.8 cm³/mol. The van der Waals surface area contributed by atoms with Gasteiger partial charge in [-0.2, -0.15) is 0 Å². The number of nitrogens with one attached hydrogen (secondary N) is 1. The van der Waals surface area contributed by atoms with Crippen molar-refractivity contribution < 1.29 is 14.3 Å². The maximum atomic E-state index is 12.2. The summed E-state index contributed by atoms with van der Waals surface area (Å²) in [5.74, 6) is -0.544. The van der Waals surface area contributed by atoms with Crippen LogP contribution >= 0.6 is 0 Å². The van der Waals surface area contributed by atoms with E-state index < -0.39 is 6.10 Å². The van der Waals surface area contributed by atoms with E-state index in [4.69, 9.17) is 4.74 Å². The highest BCUT2D eigenvalue weighted by Crippen LogP contribution is 2.17. The number of esters is 1. The lowest BCUT2D eigenvalue weighted by Crippen LogP contribution is -2.42. The van der Waals surface area contributed by atoms with Crippen molar-refractivity contribution in [1.82, 2.24) is 5.32 Å². The number of ether oxygens (including phenoxy) is 1. The third-order valence-corrected chi connectivity index (χ3v) is 4.80. The molecule has 0 radical (unpaired) electrons. The minimum Gasteiger partial charge on any atom is -0.452 e. The number of hydrogen-bond donors (Lipinski definition) is 1. The van der Waals surface area contributed by atoms with Crippen molar-refractivity contribution >= 4 is 11.9 Å². The highest BCUT2D eigenvalue weighted by atomic mass is 16.5. The largest absolute Gasteiger partial charge is 0.452 e. The Morgan fingerprint density at radius 2 is 1.79 bits per heavy atom. The van der Waals surface area contributed by atoms with Gasteiger partial charge in [0.15, 0.2) is 6.10 Å². The predicted octanol–water partition coefficient (Wildman–Crippen LogP) is 3.62. The molecule has 0 spiro atoms. The Kier molecular flexibility index (Phi) is 6.83. The van der Waals surface area contributed by atoms with Gasteiger partial charge in [0.05, 0.1) is 6.42 Å². The zero-order valence-electron chi connectivity index (χ0n) is 15.1. The number of carbonyl (C=O) groups is 2. The maximum Gasteiger partial charge on any atom is 0.311 e. The quantitative estimate of drug-likeness (QED) is 0.662. The summed E-state index contributed by atoms with van der Waals surface area (Å²) in [7, 11) is 0. The Bertz CT molecular complexity index is 574. The maximum absolute atomic E-state index is 12.2. The van der Waals surface area contributed by atoms with Gasteiger partial charge in [0.25, 0.3) is 5.91 Å². The minimum absolute atomic E-state index is 0.185. The van der Waals surface area contributed by atoms with E-state index in [1.165, 1.54) is 18.4 Å². The molecule has 1 aliphatic carbocycles. The van der Waals surface area contributed by atoms with Crippen molar-refractivity contribution in [3.8, 4) is 0 Å². The second-order valence-electron chi connectivity index (χ2n) is 6.92. The van der Waals surface area contributed by atoms with Crippen LogP contribution in [0.25, 0.3) is 0 Å². The number of aryl methyl sites for hydroxylation is 2. The van der Waals surface area contributed by atoms with Gasteiger partial charge in [-0.1, -0.05) is 43.9 Å². The fourth-order valence-corrected chi connectivity index (χ4v) is 3.11. The van der Waals surface area contributed by atoms with Crippen LogP contribution in [-0.2, 0) is 20.7 Å². The van der Waals surface area contributed by atoms with Crippen LogP contribution in [0.1, 0.15) is 62.1 Å². The molecule has 4 nitrogen and oxygen atoms in total. The zero-order chi connectivity index (χ0) is 17.5. The molecule has 0 bridgehead atoms. The van der Waals surface area contributed by atoms with Crippen LogP contribution in [0.3, 0.4) is 0 Å². The van der Waals surface area contributed by atoms with E-state index in [1.807, 2.05) is 32.0 Å². The number of amides is 1. The summed E-state index contributed by atoms with van der Waals surface area (Å²) in [6.45, 7) is 5.70. The molecule has 24 heavy (non-hydrogen) atoms. The van der Waals surface area contributed by atoms with Crippen LogP contribution in [0.2, 0.25) is 0 Å². The second-order valence-corrected chi connectivity index (χ2v) is 6.92. The molecule has 132 valence electrons. The van der Waals surface area contributed by atoms with Gasteiger partial charge in [-0.05, 0) is 50.3 Å². The number of rotatable bonds is 5. The summed E-state index contributed by atoms with van der Waals surface area (Å²) >= 11 is 0. The van der Waals surface area contributed by atoms with Gasteiger partial charge < -0.3 is 10.1 Å². The SMILES string of the molecule is Cc1ccc(CC(=O)O[C@@H](C)C(=O)NC2CCCCCC2)cc1C. The number of carbonyl (C=O) groups excluding carboxylic acids is 2. The molecule has 1 saturated carbocycles. The van der Waals surface area contributed by atoms with Crippen LogP contribution in [0.4, 0.5) is 0 Å². The minimum atomic E-state index is -0.743. The fraction of sp³-hybridized carbons (Fsp3) is 0.600. The summed E-state index contributed by atoms with van der Waals surface area (Å²) in [5, 5.41) is 3.03. The van der Waals surface area contributed by atoms with E-state index in [-0.39, 0.29) is 24.3 Å². The Labute approximate surface area is 145 Å². The van der Waals surface area contributed by atoms with Gasteiger partial charge in [-0.25, -0.2) is 0 Å². The summed E-state index contributed by atoms with van der Waals surface area (Å²) in [6.07, 6.45) is 6.30. The van der Waals surface area contributed by atoms with Gasteiger partial charge in [0, 0.05) is 6.04 Å². The fourth-order valence-electron chi connectivity index (χ4n) is 3.11. The topological polar surface area (TPSA) is 55.4 Å². The molecule has 1 aliphatic rings. The molecule has 1 N–H and O–H groups in total.